The quantitative estimate of drug-likeness (QED) is 0.336. The molecule has 0 bridgehead atoms. The van der Waals surface area contributed by atoms with Gasteiger partial charge in [0.15, 0.2) is 5.96 Å². The highest BCUT2D eigenvalue weighted by molar-refractivity contribution is 14.0. The SMILES string of the molecule is COCC(C)NC(N)=NCC(c1ccc(OC)cc1)N1CCOCC1.I. The first-order valence-corrected chi connectivity index (χ1v) is 8.65. The van der Waals surface area contributed by atoms with Gasteiger partial charge in [-0.05, 0) is 24.6 Å². The van der Waals surface area contributed by atoms with Gasteiger partial charge in [-0.25, -0.2) is 0 Å². The first-order chi connectivity index (χ1) is 12.1. The number of hydrogen-bond donors (Lipinski definition) is 2. The molecule has 2 unspecified atom stereocenters. The number of methoxy groups -OCH3 is 2. The topological polar surface area (TPSA) is 81.3 Å². The van der Waals surface area contributed by atoms with Crippen LogP contribution in [-0.4, -0.2) is 70.6 Å². The van der Waals surface area contributed by atoms with Crippen LogP contribution in [0.25, 0.3) is 0 Å². The number of hydrogen-bond acceptors (Lipinski definition) is 5. The van der Waals surface area contributed by atoms with Crippen molar-refractivity contribution in [3.8, 4) is 5.75 Å². The third-order valence-electron chi connectivity index (χ3n) is 4.23. The molecule has 8 heteroatoms. The van der Waals surface area contributed by atoms with Crippen LogP contribution in [-0.2, 0) is 9.47 Å². The normalized spacial score (nSPS) is 17.9. The molecule has 1 aliphatic heterocycles. The average Bonchev–Trinajstić information content (AvgIpc) is 2.63. The average molecular weight is 478 g/mol. The Kier molecular flexibility index (Phi) is 10.9. The van der Waals surface area contributed by atoms with Crippen LogP contribution in [0.3, 0.4) is 0 Å². The highest BCUT2D eigenvalue weighted by Crippen LogP contribution is 2.24. The molecular formula is C18H31IN4O3. The molecule has 7 nitrogen and oxygen atoms in total. The predicted molar refractivity (Wildman–Crippen MR) is 115 cm³/mol. The van der Waals surface area contributed by atoms with E-state index in [0.29, 0.717) is 19.1 Å². The number of halogens is 1. The summed E-state index contributed by atoms with van der Waals surface area (Å²) in [5.41, 5.74) is 7.22. The summed E-state index contributed by atoms with van der Waals surface area (Å²) in [5, 5.41) is 3.15. The molecule has 0 spiro atoms. The Bertz CT molecular complexity index is 536. The summed E-state index contributed by atoms with van der Waals surface area (Å²) in [5.74, 6) is 1.29. The monoisotopic (exact) mass is 478 g/mol. The Morgan fingerprint density at radius 2 is 1.92 bits per heavy atom. The van der Waals surface area contributed by atoms with Crippen molar-refractivity contribution >= 4 is 29.9 Å². The van der Waals surface area contributed by atoms with E-state index in [1.807, 2.05) is 19.1 Å². The van der Waals surface area contributed by atoms with Crippen molar-refractivity contribution in [2.75, 3.05) is 53.7 Å². The van der Waals surface area contributed by atoms with E-state index >= 15 is 0 Å². The molecule has 1 aromatic rings. The van der Waals surface area contributed by atoms with Gasteiger partial charge >= 0.3 is 0 Å². The summed E-state index contributed by atoms with van der Waals surface area (Å²) >= 11 is 0. The van der Waals surface area contributed by atoms with E-state index in [1.165, 1.54) is 5.56 Å². The number of benzene rings is 1. The number of nitrogens with one attached hydrogen (secondary N) is 1. The minimum Gasteiger partial charge on any atom is -0.497 e. The zero-order valence-corrected chi connectivity index (χ0v) is 18.1. The maximum Gasteiger partial charge on any atom is 0.188 e. The highest BCUT2D eigenvalue weighted by atomic mass is 127. The lowest BCUT2D eigenvalue weighted by Gasteiger charge is -2.34. The van der Waals surface area contributed by atoms with E-state index in [-0.39, 0.29) is 36.1 Å². The number of aliphatic imine (C=N–C) groups is 1. The lowest BCUT2D eigenvalue weighted by molar-refractivity contribution is 0.0179. The summed E-state index contributed by atoms with van der Waals surface area (Å²) in [7, 11) is 3.34. The van der Waals surface area contributed by atoms with Crippen LogP contribution in [0.1, 0.15) is 18.5 Å². The molecule has 1 aliphatic rings. The van der Waals surface area contributed by atoms with Crippen LogP contribution < -0.4 is 15.8 Å². The van der Waals surface area contributed by atoms with Gasteiger partial charge in [0.1, 0.15) is 5.75 Å². The van der Waals surface area contributed by atoms with Crippen molar-refractivity contribution in [1.29, 1.82) is 0 Å². The largest absolute Gasteiger partial charge is 0.497 e. The molecular weight excluding hydrogens is 447 g/mol. The molecule has 1 aromatic carbocycles. The van der Waals surface area contributed by atoms with Gasteiger partial charge in [0, 0.05) is 26.2 Å². The third-order valence-corrected chi connectivity index (χ3v) is 4.23. The fraction of sp³-hybridized carbons (Fsp3) is 0.611. The zero-order valence-electron chi connectivity index (χ0n) is 15.8. The Hall–Kier alpha value is -1.10. The van der Waals surface area contributed by atoms with E-state index in [9.17, 15) is 0 Å². The smallest absolute Gasteiger partial charge is 0.188 e. The zero-order chi connectivity index (χ0) is 18.1. The van der Waals surface area contributed by atoms with E-state index < -0.39 is 0 Å². The van der Waals surface area contributed by atoms with Crippen molar-refractivity contribution in [1.82, 2.24) is 10.2 Å². The lowest BCUT2D eigenvalue weighted by atomic mass is 10.0. The number of nitrogens with zero attached hydrogens (tertiary/aromatic N) is 2. The van der Waals surface area contributed by atoms with Crippen LogP contribution >= 0.6 is 24.0 Å². The first kappa shape index (κ1) is 22.9. The number of guanidine groups is 1. The summed E-state index contributed by atoms with van der Waals surface area (Å²) in [6.45, 7) is 6.45. The van der Waals surface area contributed by atoms with Crippen molar-refractivity contribution in [2.45, 2.75) is 19.0 Å². The van der Waals surface area contributed by atoms with Crippen molar-refractivity contribution in [3.63, 3.8) is 0 Å². The summed E-state index contributed by atoms with van der Waals surface area (Å²) < 4.78 is 15.8. The molecule has 0 amide bonds. The first-order valence-electron chi connectivity index (χ1n) is 8.65. The molecule has 0 radical (unpaired) electrons. The maximum atomic E-state index is 6.03. The van der Waals surface area contributed by atoms with Gasteiger partial charge in [0.05, 0.1) is 39.5 Å². The fourth-order valence-electron chi connectivity index (χ4n) is 2.92. The van der Waals surface area contributed by atoms with Gasteiger partial charge in [-0.1, -0.05) is 12.1 Å². The van der Waals surface area contributed by atoms with Crippen LogP contribution in [0.5, 0.6) is 5.75 Å². The Morgan fingerprint density at radius 3 is 2.50 bits per heavy atom. The molecule has 0 aliphatic carbocycles. The number of rotatable bonds is 8. The Morgan fingerprint density at radius 1 is 1.27 bits per heavy atom. The molecule has 0 aromatic heterocycles. The number of nitrogens with two attached hydrogens (primary N) is 1. The van der Waals surface area contributed by atoms with Crippen LogP contribution in [0.2, 0.25) is 0 Å². The molecule has 1 heterocycles. The summed E-state index contributed by atoms with van der Waals surface area (Å²) in [6, 6.07) is 8.42. The van der Waals surface area contributed by atoms with Gasteiger partial charge < -0.3 is 25.3 Å². The number of morpholine rings is 1. The fourth-order valence-corrected chi connectivity index (χ4v) is 2.92. The van der Waals surface area contributed by atoms with E-state index in [1.54, 1.807) is 14.2 Å². The van der Waals surface area contributed by atoms with Crippen LogP contribution in [0.4, 0.5) is 0 Å². The second kappa shape index (κ2) is 12.3. The van der Waals surface area contributed by atoms with Crippen LogP contribution in [0.15, 0.2) is 29.3 Å². The van der Waals surface area contributed by atoms with Gasteiger partial charge in [0.2, 0.25) is 0 Å². The molecule has 1 fully saturated rings. The minimum absolute atomic E-state index is 0. The van der Waals surface area contributed by atoms with E-state index in [2.05, 4.69) is 27.3 Å². The van der Waals surface area contributed by atoms with Gasteiger partial charge in [-0.3, -0.25) is 9.89 Å². The van der Waals surface area contributed by atoms with Gasteiger partial charge in [0.25, 0.3) is 0 Å². The van der Waals surface area contributed by atoms with Gasteiger partial charge in [-0.15, -0.1) is 24.0 Å². The number of ether oxygens (including phenoxy) is 3. The van der Waals surface area contributed by atoms with Gasteiger partial charge in [-0.2, -0.15) is 0 Å². The molecule has 3 N–H and O–H groups in total. The van der Waals surface area contributed by atoms with Crippen molar-refractivity contribution in [2.24, 2.45) is 10.7 Å². The second-order valence-corrected chi connectivity index (χ2v) is 6.16. The van der Waals surface area contributed by atoms with Crippen LogP contribution in [0, 0.1) is 0 Å². The standard InChI is InChI=1S/C18H30N4O3.HI/c1-14(13-23-2)21-18(19)20-12-17(22-8-10-25-11-9-22)15-4-6-16(24-3)7-5-15;/h4-7,14,17H,8-13H2,1-3H3,(H3,19,20,21);1H. The molecule has 26 heavy (non-hydrogen) atoms. The molecule has 0 saturated carbocycles. The lowest BCUT2D eigenvalue weighted by Crippen LogP contribution is -2.43. The highest BCUT2D eigenvalue weighted by Gasteiger charge is 2.22. The molecule has 2 atom stereocenters. The minimum atomic E-state index is 0. The Balaban J connectivity index is 0.00000338. The molecule has 1 saturated heterocycles. The summed E-state index contributed by atoms with van der Waals surface area (Å²) in [6.07, 6.45) is 0. The predicted octanol–water partition coefficient (Wildman–Crippen LogP) is 1.63. The molecule has 2 rings (SSSR count). The van der Waals surface area contributed by atoms with Crippen molar-refractivity contribution < 1.29 is 14.2 Å². The maximum absolute atomic E-state index is 6.03. The second-order valence-electron chi connectivity index (χ2n) is 6.16. The van der Waals surface area contributed by atoms with E-state index in [4.69, 9.17) is 19.9 Å². The molecule has 148 valence electrons. The summed E-state index contributed by atoms with van der Waals surface area (Å²) in [4.78, 5) is 6.94. The Labute approximate surface area is 173 Å². The third kappa shape index (κ3) is 7.26. The van der Waals surface area contributed by atoms with Crippen molar-refractivity contribution in [3.05, 3.63) is 29.8 Å². The van der Waals surface area contributed by atoms with E-state index in [0.717, 1.165) is 32.1 Å².